The van der Waals surface area contributed by atoms with Crippen LogP contribution in [-0.2, 0) is 11.3 Å². The summed E-state index contributed by atoms with van der Waals surface area (Å²) in [6, 6.07) is 8.17. The van der Waals surface area contributed by atoms with Crippen LogP contribution in [0.25, 0.3) is 10.9 Å². The summed E-state index contributed by atoms with van der Waals surface area (Å²) in [5.41, 5.74) is 2.23. The average molecular weight is 339 g/mol. The van der Waals surface area contributed by atoms with E-state index in [4.69, 9.17) is 9.84 Å². The molecule has 0 unspecified atom stereocenters. The first-order chi connectivity index (χ1) is 9.83. The summed E-state index contributed by atoms with van der Waals surface area (Å²) in [6.07, 6.45) is 2.75. The molecule has 108 valence electrons. The molecule has 0 aliphatic carbocycles. The number of aliphatic hydroxyl groups excluding tert-OH is 1. The number of fused-ring (bicyclic) bond motifs is 1. The lowest BCUT2D eigenvalue weighted by Gasteiger charge is -2.09. The third-order valence-electron chi connectivity index (χ3n) is 2.99. The van der Waals surface area contributed by atoms with Gasteiger partial charge in [-0.25, -0.2) is 0 Å². The summed E-state index contributed by atoms with van der Waals surface area (Å²) in [5.74, 6) is 0. The van der Waals surface area contributed by atoms with E-state index in [0.717, 1.165) is 34.9 Å². The van der Waals surface area contributed by atoms with Crippen LogP contribution in [0, 0.1) is 0 Å². The van der Waals surface area contributed by atoms with Crippen molar-refractivity contribution in [2.24, 2.45) is 0 Å². The number of benzene rings is 1. The van der Waals surface area contributed by atoms with E-state index in [0.29, 0.717) is 13.2 Å². The van der Waals surface area contributed by atoms with Crippen molar-refractivity contribution in [1.82, 2.24) is 10.3 Å². The second-order valence-corrected chi connectivity index (χ2v) is 5.33. The predicted molar refractivity (Wildman–Crippen MR) is 83.7 cm³/mol. The predicted octanol–water partition coefficient (Wildman–Crippen LogP) is 2.49. The molecule has 0 bridgehead atoms. The number of hydrogen-bond acceptors (Lipinski definition) is 4. The first-order valence-electron chi connectivity index (χ1n) is 6.74. The van der Waals surface area contributed by atoms with Crippen molar-refractivity contribution in [1.29, 1.82) is 0 Å². The van der Waals surface area contributed by atoms with Gasteiger partial charge in [0.1, 0.15) is 0 Å². The fourth-order valence-electron chi connectivity index (χ4n) is 2.03. The van der Waals surface area contributed by atoms with Crippen LogP contribution in [-0.4, -0.2) is 36.5 Å². The van der Waals surface area contributed by atoms with Gasteiger partial charge in [-0.15, -0.1) is 0 Å². The van der Waals surface area contributed by atoms with E-state index in [2.05, 4.69) is 44.4 Å². The Morgan fingerprint density at radius 1 is 1.25 bits per heavy atom. The van der Waals surface area contributed by atoms with Crippen molar-refractivity contribution in [3.63, 3.8) is 0 Å². The maximum Gasteiger partial charge on any atom is 0.0758 e. The van der Waals surface area contributed by atoms with Gasteiger partial charge in [0.2, 0.25) is 0 Å². The Labute approximate surface area is 127 Å². The minimum Gasteiger partial charge on any atom is -0.394 e. The topological polar surface area (TPSA) is 54.4 Å². The first-order valence-corrected chi connectivity index (χ1v) is 7.53. The molecule has 2 rings (SSSR count). The maximum atomic E-state index is 8.59. The molecule has 0 aliphatic heterocycles. The second-order valence-electron chi connectivity index (χ2n) is 4.47. The van der Waals surface area contributed by atoms with Gasteiger partial charge < -0.3 is 15.2 Å². The van der Waals surface area contributed by atoms with Gasteiger partial charge in [-0.2, -0.15) is 0 Å². The highest BCUT2D eigenvalue weighted by atomic mass is 79.9. The average Bonchev–Trinajstić information content (AvgIpc) is 2.49. The summed E-state index contributed by atoms with van der Waals surface area (Å²) in [5, 5.41) is 13.1. The van der Waals surface area contributed by atoms with E-state index < -0.39 is 0 Å². The summed E-state index contributed by atoms with van der Waals surface area (Å²) < 4.78 is 6.28. The normalized spacial score (nSPS) is 11.1. The van der Waals surface area contributed by atoms with Gasteiger partial charge in [0.25, 0.3) is 0 Å². The number of pyridine rings is 1. The molecule has 2 N–H and O–H groups in total. The smallest absolute Gasteiger partial charge is 0.0758 e. The minimum atomic E-state index is 0.0873. The Morgan fingerprint density at radius 3 is 3.00 bits per heavy atom. The summed E-state index contributed by atoms with van der Waals surface area (Å²) in [4.78, 5) is 4.46. The SMILES string of the molecule is OCCOCCCNCc1ccc(Br)c2cccnc12. The molecule has 0 atom stereocenters. The van der Waals surface area contributed by atoms with Crippen molar-refractivity contribution in [3.05, 3.63) is 40.5 Å². The summed E-state index contributed by atoms with van der Waals surface area (Å²) in [6.45, 7) is 2.86. The fourth-order valence-corrected chi connectivity index (χ4v) is 2.48. The van der Waals surface area contributed by atoms with Gasteiger partial charge in [0, 0.05) is 29.2 Å². The van der Waals surface area contributed by atoms with Crippen LogP contribution in [0.15, 0.2) is 34.9 Å². The lowest BCUT2D eigenvalue weighted by molar-refractivity contribution is 0.0907. The Kier molecular flexibility index (Phi) is 6.39. The number of nitrogens with one attached hydrogen (secondary N) is 1. The third-order valence-corrected chi connectivity index (χ3v) is 3.68. The van der Waals surface area contributed by atoms with Crippen LogP contribution in [0.2, 0.25) is 0 Å². The lowest BCUT2D eigenvalue weighted by atomic mass is 10.1. The third kappa shape index (κ3) is 4.24. The molecule has 1 heterocycles. The van der Waals surface area contributed by atoms with Gasteiger partial charge in [0.05, 0.1) is 18.7 Å². The van der Waals surface area contributed by atoms with Crippen LogP contribution < -0.4 is 5.32 Å². The van der Waals surface area contributed by atoms with Crippen LogP contribution >= 0.6 is 15.9 Å². The lowest BCUT2D eigenvalue weighted by Crippen LogP contribution is -2.17. The molecule has 0 fully saturated rings. The molecule has 0 saturated heterocycles. The highest BCUT2D eigenvalue weighted by molar-refractivity contribution is 9.10. The summed E-state index contributed by atoms with van der Waals surface area (Å²) in [7, 11) is 0. The monoisotopic (exact) mass is 338 g/mol. The number of hydrogen-bond donors (Lipinski definition) is 2. The van der Waals surface area contributed by atoms with Gasteiger partial charge in [0.15, 0.2) is 0 Å². The van der Waals surface area contributed by atoms with E-state index >= 15 is 0 Å². The van der Waals surface area contributed by atoms with Crippen molar-refractivity contribution < 1.29 is 9.84 Å². The molecule has 0 amide bonds. The Bertz CT molecular complexity index is 548. The van der Waals surface area contributed by atoms with Crippen LogP contribution in [0.3, 0.4) is 0 Å². The minimum absolute atomic E-state index is 0.0873. The maximum absolute atomic E-state index is 8.59. The zero-order valence-electron chi connectivity index (χ0n) is 11.3. The largest absolute Gasteiger partial charge is 0.394 e. The van der Waals surface area contributed by atoms with Crippen LogP contribution in [0.1, 0.15) is 12.0 Å². The first kappa shape index (κ1) is 15.4. The quantitative estimate of drug-likeness (QED) is 0.726. The fraction of sp³-hybridized carbons (Fsp3) is 0.400. The van der Waals surface area contributed by atoms with Gasteiger partial charge in [-0.3, -0.25) is 4.98 Å². The number of ether oxygens (including phenoxy) is 1. The van der Waals surface area contributed by atoms with Crippen molar-refractivity contribution in [2.75, 3.05) is 26.4 Å². The molecule has 0 radical (unpaired) electrons. The van der Waals surface area contributed by atoms with Gasteiger partial charge in [-0.1, -0.05) is 28.1 Å². The zero-order chi connectivity index (χ0) is 14.2. The van der Waals surface area contributed by atoms with E-state index in [1.807, 2.05) is 12.3 Å². The molecule has 5 heteroatoms. The van der Waals surface area contributed by atoms with Crippen LogP contribution in [0.5, 0.6) is 0 Å². The molecule has 4 nitrogen and oxygen atoms in total. The zero-order valence-corrected chi connectivity index (χ0v) is 12.9. The molecule has 0 spiro atoms. The molecule has 20 heavy (non-hydrogen) atoms. The Balaban J connectivity index is 1.86. The second kappa shape index (κ2) is 8.32. The van der Waals surface area contributed by atoms with Gasteiger partial charge >= 0.3 is 0 Å². The highest BCUT2D eigenvalue weighted by Crippen LogP contribution is 2.24. The summed E-state index contributed by atoms with van der Waals surface area (Å²) >= 11 is 3.55. The van der Waals surface area contributed by atoms with E-state index in [9.17, 15) is 0 Å². The number of aliphatic hydroxyl groups is 1. The number of halogens is 1. The molecule has 0 aliphatic rings. The Morgan fingerprint density at radius 2 is 2.15 bits per heavy atom. The van der Waals surface area contributed by atoms with Crippen molar-refractivity contribution in [2.45, 2.75) is 13.0 Å². The molecule has 1 aromatic carbocycles. The van der Waals surface area contributed by atoms with Crippen molar-refractivity contribution in [3.8, 4) is 0 Å². The number of rotatable bonds is 8. The highest BCUT2D eigenvalue weighted by Gasteiger charge is 2.04. The standard InChI is InChI=1S/C15H19BrN2O2/c16-14-5-4-12(15-13(14)3-1-7-18-15)11-17-6-2-9-20-10-8-19/h1,3-5,7,17,19H,2,6,8-11H2. The molecule has 0 saturated carbocycles. The van der Waals surface area contributed by atoms with E-state index in [1.165, 1.54) is 5.56 Å². The molecule has 1 aromatic heterocycles. The van der Waals surface area contributed by atoms with Gasteiger partial charge in [-0.05, 0) is 30.7 Å². The van der Waals surface area contributed by atoms with Crippen molar-refractivity contribution >= 4 is 26.8 Å². The van der Waals surface area contributed by atoms with E-state index in [1.54, 1.807) is 0 Å². The van der Waals surface area contributed by atoms with Crippen LogP contribution in [0.4, 0.5) is 0 Å². The number of nitrogens with zero attached hydrogens (tertiary/aromatic N) is 1. The molecule has 2 aromatic rings. The number of aromatic nitrogens is 1. The van der Waals surface area contributed by atoms with E-state index in [-0.39, 0.29) is 6.61 Å². The molecular weight excluding hydrogens is 320 g/mol. The Hall–Kier alpha value is -1.01. The molecular formula is C15H19BrN2O2.